The van der Waals surface area contributed by atoms with Crippen LogP contribution in [0, 0.1) is 11.6 Å². The van der Waals surface area contributed by atoms with Crippen LogP contribution in [0.1, 0.15) is 0 Å². The van der Waals surface area contributed by atoms with Crippen LogP contribution in [0.25, 0.3) is 10.8 Å². The molecule has 0 fully saturated rings. The molecule has 2 aromatic carbocycles. The van der Waals surface area contributed by atoms with Crippen LogP contribution in [-0.4, -0.2) is 10.1 Å². The van der Waals surface area contributed by atoms with Gasteiger partial charge >= 0.3 is 0 Å². The Kier molecular flexibility index (Phi) is 3.28. The van der Waals surface area contributed by atoms with Gasteiger partial charge in [0.25, 0.3) is 0 Å². The van der Waals surface area contributed by atoms with Crippen molar-refractivity contribution >= 4 is 22.5 Å². The number of pyridine rings is 1. The molecule has 0 bridgehead atoms. The van der Waals surface area contributed by atoms with Crippen molar-refractivity contribution in [1.29, 1.82) is 0 Å². The third-order valence-electron chi connectivity index (χ3n) is 2.84. The number of aromatic hydroxyl groups is 1. The minimum absolute atomic E-state index is 0.0993. The summed E-state index contributed by atoms with van der Waals surface area (Å²) in [4.78, 5) is 4.50. The fourth-order valence-electron chi connectivity index (χ4n) is 1.93. The summed E-state index contributed by atoms with van der Waals surface area (Å²) >= 11 is 1.10. The first-order valence-electron chi connectivity index (χ1n) is 5.85. The van der Waals surface area contributed by atoms with E-state index in [2.05, 4.69) is 4.98 Å². The van der Waals surface area contributed by atoms with Crippen molar-refractivity contribution in [2.75, 3.05) is 0 Å². The molecule has 0 spiro atoms. The summed E-state index contributed by atoms with van der Waals surface area (Å²) in [7, 11) is 0. The lowest BCUT2D eigenvalue weighted by molar-refractivity contribution is 0.481. The van der Waals surface area contributed by atoms with Crippen molar-refractivity contribution in [3.05, 3.63) is 60.3 Å². The molecule has 100 valence electrons. The predicted molar refractivity (Wildman–Crippen MR) is 73.9 cm³/mol. The zero-order valence-corrected chi connectivity index (χ0v) is 11.0. The number of benzene rings is 2. The molecule has 0 unspecified atom stereocenters. The Bertz CT molecular complexity index is 792. The number of hydrogen-bond donors (Lipinski definition) is 1. The molecule has 3 rings (SSSR count). The fourth-order valence-corrected chi connectivity index (χ4v) is 2.82. The molecule has 0 aliphatic carbocycles. The molecule has 0 aliphatic rings. The molecule has 0 amide bonds. The Morgan fingerprint density at radius 2 is 1.75 bits per heavy atom. The van der Waals surface area contributed by atoms with Crippen molar-refractivity contribution in [2.45, 2.75) is 9.92 Å². The number of hydrogen-bond acceptors (Lipinski definition) is 3. The van der Waals surface area contributed by atoms with Crippen LogP contribution < -0.4 is 0 Å². The topological polar surface area (TPSA) is 33.1 Å². The Hall–Kier alpha value is -2.14. The maximum absolute atomic E-state index is 13.6. The quantitative estimate of drug-likeness (QED) is 0.760. The molecule has 0 radical (unpaired) electrons. The number of phenols is 1. The number of nitrogens with zero attached hydrogens (tertiary/aromatic N) is 1. The largest absolute Gasteiger partial charge is 0.507 e. The van der Waals surface area contributed by atoms with Crippen LogP contribution in [0.2, 0.25) is 0 Å². The molecule has 1 N–H and O–H groups in total. The van der Waals surface area contributed by atoms with E-state index >= 15 is 0 Å². The Balaban J connectivity index is 2.09. The second-order valence-corrected chi connectivity index (χ2v) is 5.20. The summed E-state index contributed by atoms with van der Waals surface area (Å²) in [6, 6.07) is 11.3. The second-order valence-electron chi connectivity index (χ2n) is 4.17. The van der Waals surface area contributed by atoms with Crippen LogP contribution in [-0.2, 0) is 0 Å². The van der Waals surface area contributed by atoms with Gasteiger partial charge in [0.2, 0.25) is 0 Å². The van der Waals surface area contributed by atoms with Crippen LogP contribution >= 0.6 is 11.8 Å². The lowest BCUT2D eigenvalue weighted by atomic mass is 10.1. The molecule has 0 saturated heterocycles. The summed E-state index contributed by atoms with van der Waals surface area (Å²) in [5, 5.41) is 11.4. The molecule has 0 saturated carbocycles. The highest BCUT2D eigenvalue weighted by molar-refractivity contribution is 7.99. The molecule has 1 heterocycles. The van der Waals surface area contributed by atoms with E-state index in [9.17, 15) is 13.9 Å². The van der Waals surface area contributed by atoms with Crippen LogP contribution in [0.15, 0.2) is 58.6 Å². The highest BCUT2D eigenvalue weighted by Crippen LogP contribution is 2.37. The minimum atomic E-state index is -0.706. The molecule has 1 aromatic heterocycles. The van der Waals surface area contributed by atoms with Crippen molar-refractivity contribution in [3.63, 3.8) is 0 Å². The minimum Gasteiger partial charge on any atom is -0.507 e. The van der Waals surface area contributed by atoms with Gasteiger partial charge in [0, 0.05) is 16.3 Å². The predicted octanol–water partition coefficient (Wildman–Crippen LogP) is 4.37. The van der Waals surface area contributed by atoms with Gasteiger partial charge < -0.3 is 5.11 Å². The smallest absolute Gasteiger partial charge is 0.158 e. The van der Waals surface area contributed by atoms with E-state index in [0.717, 1.165) is 34.3 Å². The van der Waals surface area contributed by atoms with Gasteiger partial charge in [-0.2, -0.15) is 0 Å². The monoisotopic (exact) mass is 289 g/mol. The van der Waals surface area contributed by atoms with Crippen LogP contribution in [0.3, 0.4) is 0 Å². The van der Waals surface area contributed by atoms with E-state index in [1.165, 1.54) is 0 Å². The van der Waals surface area contributed by atoms with Gasteiger partial charge in [-0.25, -0.2) is 13.8 Å². The Morgan fingerprint density at radius 3 is 2.50 bits per heavy atom. The van der Waals surface area contributed by atoms with Gasteiger partial charge in [-0.3, -0.25) is 0 Å². The molecule has 0 atom stereocenters. The number of rotatable bonds is 2. The van der Waals surface area contributed by atoms with Gasteiger partial charge in [0.05, 0.1) is 6.20 Å². The molecule has 5 heteroatoms. The average molecular weight is 289 g/mol. The number of halogens is 2. The molecule has 2 nitrogen and oxygen atoms in total. The van der Waals surface area contributed by atoms with Crippen LogP contribution in [0.5, 0.6) is 5.75 Å². The van der Waals surface area contributed by atoms with Crippen molar-refractivity contribution < 1.29 is 13.9 Å². The second kappa shape index (κ2) is 5.09. The Morgan fingerprint density at radius 1 is 1.00 bits per heavy atom. The van der Waals surface area contributed by atoms with E-state index in [-0.39, 0.29) is 10.8 Å². The average Bonchev–Trinajstić information content (AvgIpc) is 2.45. The van der Waals surface area contributed by atoms with E-state index in [1.54, 1.807) is 18.2 Å². The number of aromatic nitrogens is 1. The SMILES string of the molecule is Oc1ccc(Sc2ncc(F)cc2F)c2ccccc12. The van der Waals surface area contributed by atoms with Gasteiger partial charge in [-0.1, -0.05) is 36.0 Å². The molecule has 0 aliphatic heterocycles. The molecule has 3 aromatic rings. The van der Waals surface area contributed by atoms with Crippen molar-refractivity contribution in [3.8, 4) is 5.75 Å². The van der Waals surface area contributed by atoms with E-state index in [1.807, 2.05) is 18.2 Å². The first-order valence-corrected chi connectivity index (χ1v) is 6.66. The maximum atomic E-state index is 13.6. The molecular formula is C15H9F2NOS. The number of fused-ring (bicyclic) bond motifs is 1. The standard InChI is InChI=1S/C15H9F2NOS/c16-9-7-12(17)15(18-8-9)20-14-6-5-13(19)10-3-1-2-4-11(10)14/h1-8,19H. The Labute approximate surface area is 118 Å². The van der Waals surface area contributed by atoms with Gasteiger partial charge in [-0.15, -0.1) is 0 Å². The van der Waals surface area contributed by atoms with Crippen molar-refractivity contribution in [1.82, 2.24) is 4.98 Å². The van der Waals surface area contributed by atoms with E-state index < -0.39 is 11.6 Å². The summed E-state index contributed by atoms with van der Waals surface area (Å²) in [5.74, 6) is -1.24. The van der Waals surface area contributed by atoms with E-state index in [4.69, 9.17) is 0 Å². The normalized spacial score (nSPS) is 10.9. The maximum Gasteiger partial charge on any atom is 0.158 e. The third kappa shape index (κ3) is 2.32. The summed E-state index contributed by atoms with van der Waals surface area (Å²) < 4.78 is 26.5. The molecule has 20 heavy (non-hydrogen) atoms. The zero-order valence-electron chi connectivity index (χ0n) is 10.2. The van der Waals surface area contributed by atoms with Gasteiger partial charge in [-0.05, 0) is 17.5 Å². The van der Waals surface area contributed by atoms with E-state index in [0.29, 0.717) is 5.39 Å². The number of phenolic OH excluding ortho intramolecular Hbond substituents is 1. The third-order valence-corrected chi connectivity index (χ3v) is 3.91. The van der Waals surface area contributed by atoms with Crippen LogP contribution in [0.4, 0.5) is 8.78 Å². The molecular weight excluding hydrogens is 280 g/mol. The first-order chi connectivity index (χ1) is 9.65. The lowest BCUT2D eigenvalue weighted by Crippen LogP contribution is -1.89. The lowest BCUT2D eigenvalue weighted by Gasteiger charge is -2.07. The summed E-state index contributed by atoms with van der Waals surface area (Å²) in [6.07, 6.45) is 0.980. The highest BCUT2D eigenvalue weighted by atomic mass is 32.2. The fraction of sp³-hybridized carbons (Fsp3) is 0. The van der Waals surface area contributed by atoms with Gasteiger partial charge in [0.15, 0.2) is 5.82 Å². The van der Waals surface area contributed by atoms with Gasteiger partial charge in [0.1, 0.15) is 16.6 Å². The summed E-state index contributed by atoms with van der Waals surface area (Å²) in [6.45, 7) is 0. The first kappa shape index (κ1) is 12.9. The summed E-state index contributed by atoms with van der Waals surface area (Å²) in [5.41, 5.74) is 0. The highest BCUT2D eigenvalue weighted by Gasteiger charge is 2.11. The zero-order chi connectivity index (χ0) is 14.1. The van der Waals surface area contributed by atoms with Crippen molar-refractivity contribution in [2.24, 2.45) is 0 Å².